The van der Waals surface area contributed by atoms with Crippen molar-refractivity contribution in [3.63, 3.8) is 0 Å². The number of halogens is 1. The SMILES string of the molecule is CC(C)c1nc(Cl)cc(SCCCO)n1. The maximum atomic E-state index is 8.67. The van der Waals surface area contributed by atoms with Crippen LogP contribution in [0.1, 0.15) is 32.0 Å². The first kappa shape index (κ1) is 12.7. The van der Waals surface area contributed by atoms with Crippen LogP contribution in [0.3, 0.4) is 0 Å². The zero-order chi connectivity index (χ0) is 11.3. The van der Waals surface area contributed by atoms with Gasteiger partial charge in [0.05, 0.1) is 0 Å². The predicted molar refractivity (Wildman–Crippen MR) is 63.6 cm³/mol. The molecule has 0 fully saturated rings. The van der Waals surface area contributed by atoms with Crippen molar-refractivity contribution < 1.29 is 5.11 Å². The molecule has 0 atom stereocenters. The Labute approximate surface area is 99.3 Å². The van der Waals surface area contributed by atoms with Crippen LogP contribution >= 0.6 is 23.4 Å². The number of aliphatic hydroxyl groups is 1. The molecule has 0 unspecified atom stereocenters. The van der Waals surface area contributed by atoms with Gasteiger partial charge >= 0.3 is 0 Å². The van der Waals surface area contributed by atoms with Crippen molar-refractivity contribution in [1.29, 1.82) is 0 Å². The van der Waals surface area contributed by atoms with Crippen molar-refractivity contribution >= 4 is 23.4 Å². The largest absolute Gasteiger partial charge is 0.396 e. The van der Waals surface area contributed by atoms with Gasteiger partial charge in [-0.05, 0) is 6.42 Å². The summed E-state index contributed by atoms with van der Waals surface area (Å²) in [5, 5.41) is 10.0. The Balaban J connectivity index is 2.71. The van der Waals surface area contributed by atoms with Gasteiger partial charge in [0.15, 0.2) is 0 Å². The molecule has 5 heteroatoms. The number of aliphatic hydroxyl groups excluding tert-OH is 1. The van der Waals surface area contributed by atoms with Crippen molar-refractivity contribution in [3.8, 4) is 0 Å². The van der Waals surface area contributed by atoms with Crippen LogP contribution in [0.15, 0.2) is 11.1 Å². The summed E-state index contributed by atoms with van der Waals surface area (Å²) in [6.07, 6.45) is 0.767. The summed E-state index contributed by atoms with van der Waals surface area (Å²) >= 11 is 7.49. The van der Waals surface area contributed by atoms with Gasteiger partial charge in [-0.1, -0.05) is 25.4 Å². The van der Waals surface area contributed by atoms with Gasteiger partial charge in [-0.2, -0.15) is 0 Å². The molecule has 84 valence electrons. The number of thioether (sulfide) groups is 1. The standard InChI is InChI=1S/C10H15ClN2OS/c1-7(2)10-12-8(11)6-9(13-10)15-5-3-4-14/h6-7,14H,3-5H2,1-2H3. The van der Waals surface area contributed by atoms with Gasteiger partial charge < -0.3 is 5.11 Å². The van der Waals surface area contributed by atoms with Crippen molar-refractivity contribution in [2.45, 2.75) is 31.2 Å². The normalized spacial score (nSPS) is 11.0. The van der Waals surface area contributed by atoms with Gasteiger partial charge in [-0.25, -0.2) is 9.97 Å². The fraction of sp³-hybridized carbons (Fsp3) is 0.600. The molecule has 0 aliphatic rings. The Hall–Kier alpha value is -0.320. The zero-order valence-corrected chi connectivity index (χ0v) is 10.5. The highest BCUT2D eigenvalue weighted by Crippen LogP contribution is 2.21. The van der Waals surface area contributed by atoms with Crippen LogP contribution in [0, 0.1) is 0 Å². The molecule has 0 aromatic carbocycles. The Kier molecular flexibility index (Phi) is 5.36. The van der Waals surface area contributed by atoms with Crippen molar-refractivity contribution in [2.24, 2.45) is 0 Å². The smallest absolute Gasteiger partial charge is 0.133 e. The number of nitrogens with zero attached hydrogens (tertiary/aromatic N) is 2. The predicted octanol–water partition coefficient (Wildman–Crippen LogP) is 2.73. The van der Waals surface area contributed by atoms with Gasteiger partial charge in [-0.3, -0.25) is 0 Å². The summed E-state index contributed by atoms with van der Waals surface area (Å²) in [6, 6.07) is 1.76. The fourth-order valence-electron chi connectivity index (χ4n) is 0.987. The molecule has 0 radical (unpaired) electrons. The maximum Gasteiger partial charge on any atom is 0.133 e. The summed E-state index contributed by atoms with van der Waals surface area (Å²) in [6.45, 7) is 4.28. The monoisotopic (exact) mass is 246 g/mol. The maximum absolute atomic E-state index is 8.67. The van der Waals surface area contributed by atoms with E-state index in [1.165, 1.54) is 0 Å². The lowest BCUT2D eigenvalue weighted by Crippen LogP contribution is -1.99. The molecule has 3 nitrogen and oxygen atoms in total. The topological polar surface area (TPSA) is 46.0 Å². The van der Waals surface area contributed by atoms with E-state index in [1.807, 2.05) is 13.8 Å². The van der Waals surface area contributed by atoms with E-state index in [0.717, 1.165) is 23.0 Å². The number of rotatable bonds is 5. The molecule has 0 amide bonds. The van der Waals surface area contributed by atoms with E-state index in [9.17, 15) is 0 Å². The Morgan fingerprint density at radius 3 is 2.80 bits per heavy atom. The Morgan fingerprint density at radius 2 is 2.20 bits per heavy atom. The first-order valence-corrected chi connectivity index (χ1v) is 6.28. The molecule has 1 aromatic heterocycles. The Morgan fingerprint density at radius 1 is 1.47 bits per heavy atom. The first-order chi connectivity index (χ1) is 7.13. The van der Waals surface area contributed by atoms with E-state index in [1.54, 1.807) is 17.8 Å². The van der Waals surface area contributed by atoms with Crippen molar-refractivity contribution in [3.05, 3.63) is 17.0 Å². The highest BCUT2D eigenvalue weighted by Gasteiger charge is 2.07. The molecule has 0 aliphatic heterocycles. The van der Waals surface area contributed by atoms with Gasteiger partial charge in [0.2, 0.25) is 0 Å². The molecule has 1 aromatic rings. The van der Waals surface area contributed by atoms with Crippen LogP contribution in [-0.4, -0.2) is 27.4 Å². The number of hydrogen-bond donors (Lipinski definition) is 1. The molecule has 1 heterocycles. The highest BCUT2D eigenvalue weighted by atomic mass is 35.5. The minimum absolute atomic E-state index is 0.211. The minimum atomic E-state index is 0.211. The molecule has 0 bridgehead atoms. The van der Waals surface area contributed by atoms with Crippen LogP contribution in [0.25, 0.3) is 0 Å². The lowest BCUT2D eigenvalue weighted by molar-refractivity contribution is 0.296. The number of hydrogen-bond acceptors (Lipinski definition) is 4. The molecule has 15 heavy (non-hydrogen) atoms. The molecule has 1 rings (SSSR count). The summed E-state index contributed by atoms with van der Waals surface area (Å²) in [7, 11) is 0. The molecule has 1 N–H and O–H groups in total. The second kappa shape index (κ2) is 6.30. The molecule has 0 spiro atoms. The van der Waals surface area contributed by atoms with Crippen molar-refractivity contribution in [1.82, 2.24) is 9.97 Å². The van der Waals surface area contributed by atoms with Gasteiger partial charge in [0.25, 0.3) is 0 Å². The fourth-order valence-corrected chi connectivity index (χ4v) is 2.08. The summed E-state index contributed by atoms with van der Waals surface area (Å²) in [4.78, 5) is 8.54. The van der Waals surface area contributed by atoms with Crippen molar-refractivity contribution in [2.75, 3.05) is 12.4 Å². The van der Waals surface area contributed by atoms with E-state index >= 15 is 0 Å². The third-order valence-corrected chi connectivity index (χ3v) is 2.95. The van der Waals surface area contributed by atoms with E-state index in [-0.39, 0.29) is 12.5 Å². The molecule has 0 saturated carbocycles. The van der Waals surface area contributed by atoms with E-state index in [0.29, 0.717) is 5.15 Å². The summed E-state index contributed by atoms with van der Waals surface area (Å²) in [5.74, 6) is 1.90. The third-order valence-electron chi connectivity index (χ3n) is 1.76. The van der Waals surface area contributed by atoms with Crippen LogP contribution in [0.2, 0.25) is 5.15 Å². The molecule has 0 aliphatic carbocycles. The Bertz CT molecular complexity index is 320. The first-order valence-electron chi connectivity index (χ1n) is 4.91. The van der Waals surface area contributed by atoms with Crippen LogP contribution < -0.4 is 0 Å². The van der Waals surface area contributed by atoms with Crippen LogP contribution in [0.4, 0.5) is 0 Å². The lowest BCUT2D eigenvalue weighted by Gasteiger charge is -2.06. The molecule has 0 saturated heterocycles. The quantitative estimate of drug-likeness (QED) is 0.493. The summed E-state index contributed by atoms with van der Waals surface area (Å²) < 4.78 is 0. The van der Waals surface area contributed by atoms with Gasteiger partial charge in [-0.15, -0.1) is 11.8 Å². The second-order valence-electron chi connectivity index (χ2n) is 3.47. The number of aromatic nitrogens is 2. The van der Waals surface area contributed by atoms with E-state index in [4.69, 9.17) is 16.7 Å². The third kappa shape index (κ3) is 4.36. The highest BCUT2D eigenvalue weighted by molar-refractivity contribution is 7.99. The van der Waals surface area contributed by atoms with E-state index in [2.05, 4.69) is 9.97 Å². The van der Waals surface area contributed by atoms with Crippen LogP contribution in [-0.2, 0) is 0 Å². The van der Waals surface area contributed by atoms with E-state index < -0.39 is 0 Å². The molecular weight excluding hydrogens is 232 g/mol. The summed E-state index contributed by atoms with van der Waals surface area (Å²) in [5.41, 5.74) is 0. The minimum Gasteiger partial charge on any atom is -0.396 e. The second-order valence-corrected chi connectivity index (χ2v) is 4.97. The van der Waals surface area contributed by atoms with Gasteiger partial charge in [0, 0.05) is 24.3 Å². The average molecular weight is 247 g/mol. The average Bonchev–Trinajstić information content (AvgIpc) is 2.17. The lowest BCUT2D eigenvalue weighted by atomic mass is 10.2. The van der Waals surface area contributed by atoms with Gasteiger partial charge in [0.1, 0.15) is 16.0 Å². The molecular formula is C10H15ClN2OS. The zero-order valence-electron chi connectivity index (χ0n) is 8.90. The van der Waals surface area contributed by atoms with Crippen LogP contribution in [0.5, 0.6) is 0 Å².